The Morgan fingerprint density at radius 1 is 1.28 bits per heavy atom. The number of rotatable bonds is 9. The molecule has 8 heteroatoms. The van der Waals surface area contributed by atoms with Gasteiger partial charge in [0.25, 0.3) is 0 Å². The second kappa shape index (κ2) is 9.62. The summed E-state index contributed by atoms with van der Waals surface area (Å²) in [5, 5.41) is 2.89. The first-order valence-corrected chi connectivity index (χ1v) is 9.39. The van der Waals surface area contributed by atoms with Crippen LogP contribution in [-0.2, 0) is 16.1 Å². The number of carbonyl (C=O) groups is 2. The Morgan fingerprint density at radius 2 is 2.04 bits per heavy atom. The van der Waals surface area contributed by atoms with E-state index in [2.05, 4.69) is 5.32 Å². The first-order valence-electron chi connectivity index (χ1n) is 8.00. The average molecular weight is 383 g/mol. The second-order valence-corrected chi connectivity index (χ2v) is 7.13. The van der Waals surface area contributed by atoms with Crippen molar-refractivity contribution in [2.24, 2.45) is 0 Å². The number of hydrogen-bond donors (Lipinski definition) is 1. The standard InChI is InChI=1S/C17H22N2O4S2/c1-22-13-7-6-12(9-14(13)23-2)10-18-15(20)5-3-4-8-19-16(21)11-25-17(19)24/h6-7,9H,3-5,8,10-11H2,1-2H3,(H,18,20). The summed E-state index contributed by atoms with van der Waals surface area (Å²) < 4.78 is 11.1. The van der Waals surface area contributed by atoms with Gasteiger partial charge in [-0.3, -0.25) is 14.5 Å². The minimum absolute atomic E-state index is 0.0144. The molecule has 1 aliphatic heterocycles. The number of methoxy groups -OCH3 is 2. The van der Waals surface area contributed by atoms with E-state index in [0.717, 1.165) is 18.4 Å². The van der Waals surface area contributed by atoms with Crippen molar-refractivity contribution >= 4 is 40.1 Å². The molecule has 0 aromatic heterocycles. The lowest BCUT2D eigenvalue weighted by atomic mass is 10.2. The normalized spacial score (nSPS) is 13.9. The van der Waals surface area contributed by atoms with E-state index in [1.807, 2.05) is 18.2 Å². The van der Waals surface area contributed by atoms with Gasteiger partial charge >= 0.3 is 0 Å². The molecular weight excluding hydrogens is 360 g/mol. The predicted octanol–water partition coefficient (Wildman–Crippen LogP) is 2.35. The van der Waals surface area contributed by atoms with Crippen LogP contribution in [0.1, 0.15) is 24.8 Å². The van der Waals surface area contributed by atoms with E-state index in [-0.39, 0.29) is 11.8 Å². The summed E-state index contributed by atoms with van der Waals surface area (Å²) in [6, 6.07) is 5.55. The van der Waals surface area contributed by atoms with Crippen molar-refractivity contribution in [3.8, 4) is 11.5 Å². The van der Waals surface area contributed by atoms with E-state index in [0.29, 0.717) is 41.1 Å². The van der Waals surface area contributed by atoms with Gasteiger partial charge in [-0.1, -0.05) is 30.0 Å². The average Bonchev–Trinajstić information content (AvgIpc) is 2.94. The third-order valence-corrected chi connectivity index (χ3v) is 5.25. The smallest absolute Gasteiger partial charge is 0.238 e. The number of hydrogen-bond acceptors (Lipinski definition) is 6. The highest BCUT2D eigenvalue weighted by Crippen LogP contribution is 2.27. The fourth-order valence-corrected chi connectivity index (χ4v) is 3.55. The lowest BCUT2D eigenvalue weighted by molar-refractivity contribution is -0.124. The maximum Gasteiger partial charge on any atom is 0.238 e. The molecule has 0 saturated carbocycles. The van der Waals surface area contributed by atoms with Gasteiger partial charge in [-0.25, -0.2) is 0 Å². The lowest BCUT2D eigenvalue weighted by Gasteiger charge is -2.14. The molecule has 0 radical (unpaired) electrons. The van der Waals surface area contributed by atoms with Crippen LogP contribution in [0.25, 0.3) is 0 Å². The van der Waals surface area contributed by atoms with Gasteiger partial charge in [0.05, 0.1) is 20.0 Å². The Bertz CT molecular complexity index is 636. The van der Waals surface area contributed by atoms with Gasteiger partial charge in [-0.15, -0.1) is 0 Å². The minimum atomic E-state index is -0.0144. The molecule has 1 heterocycles. The Hall–Kier alpha value is -1.80. The van der Waals surface area contributed by atoms with Crippen molar-refractivity contribution in [2.45, 2.75) is 25.8 Å². The molecule has 1 aliphatic rings. The summed E-state index contributed by atoms with van der Waals surface area (Å²) in [6.07, 6.45) is 1.90. The van der Waals surface area contributed by atoms with Gasteiger partial charge in [0.15, 0.2) is 11.5 Å². The van der Waals surface area contributed by atoms with E-state index < -0.39 is 0 Å². The maximum atomic E-state index is 11.9. The molecule has 0 aliphatic carbocycles. The molecule has 6 nitrogen and oxygen atoms in total. The molecule has 0 spiro atoms. The molecule has 1 aromatic rings. The number of unbranched alkanes of at least 4 members (excludes halogenated alkanes) is 1. The second-order valence-electron chi connectivity index (χ2n) is 5.52. The van der Waals surface area contributed by atoms with E-state index in [4.69, 9.17) is 21.7 Å². The molecule has 0 unspecified atom stereocenters. The fraction of sp³-hybridized carbons (Fsp3) is 0.471. The van der Waals surface area contributed by atoms with Crippen LogP contribution in [0.3, 0.4) is 0 Å². The van der Waals surface area contributed by atoms with Crippen molar-refractivity contribution in [1.82, 2.24) is 10.2 Å². The summed E-state index contributed by atoms with van der Waals surface area (Å²) in [5.74, 6) is 1.78. The quantitative estimate of drug-likeness (QED) is 0.522. The van der Waals surface area contributed by atoms with E-state index in [9.17, 15) is 9.59 Å². The molecule has 1 N–H and O–H groups in total. The Labute approximate surface area is 157 Å². The molecule has 25 heavy (non-hydrogen) atoms. The van der Waals surface area contributed by atoms with Crippen LogP contribution < -0.4 is 14.8 Å². The van der Waals surface area contributed by atoms with Crippen LogP contribution in [0, 0.1) is 0 Å². The largest absolute Gasteiger partial charge is 0.493 e. The number of thioether (sulfide) groups is 1. The maximum absolute atomic E-state index is 11.9. The first-order chi connectivity index (χ1) is 12.0. The number of thiocarbonyl (C=S) groups is 1. The third-order valence-electron chi connectivity index (χ3n) is 3.81. The zero-order valence-electron chi connectivity index (χ0n) is 14.4. The monoisotopic (exact) mass is 382 g/mol. The highest BCUT2D eigenvalue weighted by atomic mass is 32.2. The number of ether oxygens (including phenoxy) is 2. The molecular formula is C17H22N2O4S2. The zero-order chi connectivity index (χ0) is 18.2. The molecule has 1 saturated heterocycles. The van der Waals surface area contributed by atoms with Gasteiger partial charge < -0.3 is 14.8 Å². The highest BCUT2D eigenvalue weighted by molar-refractivity contribution is 8.23. The van der Waals surface area contributed by atoms with Crippen LogP contribution in [-0.4, -0.2) is 47.6 Å². The van der Waals surface area contributed by atoms with Gasteiger partial charge in [-0.2, -0.15) is 0 Å². The first kappa shape index (κ1) is 19.5. The fourth-order valence-electron chi connectivity index (χ4n) is 2.43. The lowest BCUT2D eigenvalue weighted by Crippen LogP contribution is -2.29. The predicted molar refractivity (Wildman–Crippen MR) is 102 cm³/mol. The van der Waals surface area contributed by atoms with Crippen molar-refractivity contribution in [1.29, 1.82) is 0 Å². The van der Waals surface area contributed by atoms with Crippen molar-refractivity contribution < 1.29 is 19.1 Å². The van der Waals surface area contributed by atoms with Crippen LogP contribution >= 0.6 is 24.0 Å². The van der Waals surface area contributed by atoms with Crippen molar-refractivity contribution in [3.63, 3.8) is 0 Å². The number of carbonyl (C=O) groups excluding carboxylic acids is 2. The van der Waals surface area contributed by atoms with Gasteiger partial charge in [0.1, 0.15) is 4.32 Å². The van der Waals surface area contributed by atoms with Crippen molar-refractivity contribution in [2.75, 3.05) is 26.5 Å². The van der Waals surface area contributed by atoms with Gasteiger partial charge in [0.2, 0.25) is 11.8 Å². The number of benzene rings is 1. The molecule has 0 atom stereocenters. The van der Waals surface area contributed by atoms with Crippen molar-refractivity contribution in [3.05, 3.63) is 23.8 Å². The Balaban J connectivity index is 1.69. The topological polar surface area (TPSA) is 67.9 Å². The summed E-state index contributed by atoms with van der Waals surface area (Å²) in [5.41, 5.74) is 0.941. The minimum Gasteiger partial charge on any atom is -0.493 e. The molecule has 1 aromatic carbocycles. The highest BCUT2D eigenvalue weighted by Gasteiger charge is 2.25. The van der Waals surface area contributed by atoms with Crippen LogP contribution in [0.15, 0.2) is 18.2 Å². The molecule has 1 fully saturated rings. The van der Waals surface area contributed by atoms with E-state index >= 15 is 0 Å². The van der Waals surface area contributed by atoms with Crippen LogP contribution in [0.4, 0.5) is 0 Å². The van der Waals surface area contributed by atoms with Crippen LogP contribution in [0.2, 0.25) is 0 Å². The van der Waals surface area contributed by atoms with Gasteiger partial charge in [-0.05, 0) is 30.5 Å². The summed E-state index contributed by atoms with van der Waals surface area (Å²) in [4.78, 5) is 25.2. The Morgan fingerprint density at radius 3 is 2.68 bits per heavy atom. The van der Waals surface area contributed by atoms with Crippen LogP contribution in [0.5, 0.6) is 11.5 Å². The van der Waals surface area contributed by atoms with E-state index in [1.54, 1.807) is 19.1 Å². The SMILES string of the molecule is COc1ccc(CNC(=O)CCCCN2C(=O)CSC2=S)cc1OC. The van der Waals surface area contributed by atoms with Gasteiger partial charge in [0, 0.05) is 19.5 Å². The third kappa shape index (κ3) is 5.61. The zero-order valence-corrected chi connectivity index (χ0v) is 16.0. The summed E-state index contributed by atoms with van der Waals surface area (Å²) in [6.45, 7) is 1.03. The molecule has 2 rings (SSSR count). The number of nitrogens with one attached hydrogen (secondary N) is 1. The summed E-state index contributed by atoms with van der Waals surface area (Å²) in [7, 11) is 3.16. The molecule has 136 valence electrons. The summed E-state index contributed by atoms with van der Waals surface area (Å²) >= 11 is 6.52. The Kier molecular flexibility index (Phi) is 7.52. The molecule has 2 amide bonds. The van der Waals surface area contributed by atoms with E-state index in [1.165, 1.54) is 11.8 Å². The molecule has 0 bridgehead atoms. The number of nitrogens with zero attached hydrogens (tertiary/aromatic N) is 1. The number of amides is 2.